The van der Waals surface area contributed by atoms with Gasteiger partial charge in [0.1, 0.15) is 0 Å². The van der Waals surface area contributed by atoms with E-state index in [1.807, 2.05) is 32.0 Å². The van der Waals surface area contributed by atoms with Gasteiger partial charge in [-0.15, -0.1) is 5.10 Å². The molecule has 3 heterocycles. The second-order valence-corrected chi connectivity index (χ2v) is 8.27. The van der Waals surface area contributed by atoms with Crippen LogP contribution in [0.3, 0.4) is 0 Å². The molecule has 0 bridgehead atoms. The summed E-state index contributed by atoms with van der Waals surface area (Å²) >= 11 is 1.39. The second kappa shape index (κ2) is 7.35. The minimum atomic E-state index is -0.175. The molecule has 7 nitrogen and oxygen atoms in total. The number of carbonyl (C=O) groups excluding carboxylic acids is 1. The Morgan fingerprint density at radius 2 is 2.11 bits per heavy atom. The SMILES string of the molecule is Cc1cc(=O)n2nc(N3CCCC(C(=O)Nc4cccc(C)c4C)C3)sc2n1. The van der Waals surface area contributed by atoms with Crippen molar-refractivity contribution in [3.63, 3.8) is 0 Å². The first-order valence-corrected chi connectivity index (χ1v) is 10.2. The Hall–Kier alpha value is -2.74. The highest BCUT2D eigenvalue weighted by atomic mass is 32.1. The average Bonchev–Trinajstić information content (AvgIpc) is 3.10. The molecule has 1 fully saturated rings. The van der Waals surface area contributed by atoms with Crippen molar-refractivity contribution in [1.29, 1.82) is 0 Å². The lowest BCUT2D eigenvalue weighted by Gasteiger charge is -2.31. The molecule has 1 atom stereocenters. The minimum absolute atomic E-state index is 0.0330. The number of amides is 1. The Balaban J connectivity index is 1.53. The minimum Gasteiger partial charge on any atom is -0.346 e. The smallest absolute Gasteiger partial charge is 0.275 e. The van der Waals surface area contributed by atoms with Gasteiger partial charge in [-0.3, -0.25) is 9.59 Å². The van der Waals surface area contributed by atoms with Gasteiger partial charge in [0.2, 0.25) is 16.0 Å². The van der Waals surface area contributed by atoms with E-state index in [0.29, 0.717) is 17.2 Å². The fourth-order valence-corrected chi connectivity index (χ4v) is 4.51. The van der Waals surface area contributed by atoms with E-state index in [1.54, 1.807) is 6.92 Å². The van der Waals surface area contributed by atoms with Crippen LogP contribution in [0.1, 0.15) is 29.7 Å². The first-order valence-electron chi connectivity index (χ1n) is 9.42. The molecule has 4 rings (SSSR count). The predicted molar refractivity (Wildman–Crippen MR) is 111 cm³/mol. The van der Waals surface area contributed by atoms with Crippen LogP contribution in [0.15, 0.2) is 29.1 Å². The van der Waals surface area contributed by atoms with Gasteiger partial charge in [0, 0.05) is 30.5 Å². The van der Waals surface area contributed by atoms with Crippen molar-refractivity contribution in [2.45, 2.75) is 33.6 Å². The van der Waals surface area contributed by atoms with Gasteiger partial charge in [0.05, 0.1) is 5.92 Å². The molecule has 0 saturated carbocycles. The van der Waals surface area contributed by atoms with Crippen molar-refractivity contribution in [3.8, 4) is 0 Å². The highest BCUT2D eigenvalue weighted by Gasteiger charge is 2.28. The van der Waals surface area contributed by atoms with Crippen molar-refractivity contribution in [3.05, 3.63) is 51.4 Å². The Morgan fingerprint density at radius 3 is 2.93 bits per heavy atom. The number of nitrogens with zero attached hydrogens (tertiary/aromatic N) is 4. The number of rotatable bonds is 3. The summed E-state index contributed by atoms with van der Waals surface area (Å²) in [6.45, 7) is 7.27. The molecule has 1 N–H and O–H groups in total. The standard InChI is InChI=1S/C20H23N5O2S/c1-12-6-4-8-16(14(12)3)22-18(27)15-7-5-9-24(11-15)20-23-25-17(26)10-13(2)21-19(25)28-20/h4,6,8,10,15H,5,7,9,11H2,1-3H3,(H,22,27). The van der Waals surface area contributed by atoms with Crippen LogP contribution in [-0.4, -0.2) is 33.6 Å². The van der Waals surface area contributed by atoms with Gasteiger partial charge in [-0.05, 0) is 50.8 Å². The molecule has 1 aromatic carbocycles. The third-order valence-electron chi connectivity index (χ3n) is 5.29. The molecular weight excluding hydrogens is 374 g/mol. The Bertz CT molecular complexity index is 1100. The third-order valence-corrected chi connectivity index (χ3v) is 6.26. The molecule has 3 aromatic rings. The Labute approximate surface area is 167 Å². The molecule has 1 amide bonds. The van der Waals surface area contributed by atoms with E-state index >= 15 is 0 Å². The molecular formula is C20H23N5O2S. The van der Waals surface area contributed by atoms with Crippen LogP contribution in [0.25, 0.3) is 4.96 Å². The zero-order valence-corrected chi connectivity index (χ0v) is 17.0. The molecule has 1 aliphatic rings. The average molecular weight is 398 g/mol. The number of hydrogen-bond acceptors (Lipinski definition) is 6. The van der Waals surface area contributed by atoms with Crippen LogP contribution >= 0.6 is 11.3 Å². The molecule has 0 aliphatic carbocycles. The van der Waals surface area contributed by atoms with Crippen molar-refractivity contribution in [2.24, 2.45) is 5.92 Å². The van der Waals surface area contributed by atoms with Gasteiger partial charge in [-0.25, -0.2) is 4.98 Å². The maximum Gasteiger partial charge on any atom is 0.275 e. The van der Waals surface area contributed by atoms with Crippen molar-refractivity contribution in [2.75, 3.05) is 23.3 Å². The van der Waals surface area contributed by atoms with E-state index in [0.717, 1.165) is 41.3 Å². The summed E-state index contributed by atoms with van der Waals surface area (Å²) in [5.41, 5.74) is 3.63. The van der Waals surface area contributed by atoms with Gasteiger partial charge in [-0.2, -0.15) is 4.52 Å². The Morgan fingerprint density at radius 1 is 1.29 bits per heavy atom. The second-order valence-electron chi connectivity index (χ2n) is 7.34. The van der Waals surface area contributed by atoms with E-state index in [4.69, 9.17) is 0 Å². The molecule has 28 heavy (non-hydrogen) atoms. The fraction of sp³-hybridized carbons (Fsp3) is 0.400. The molecule has 1 aliphatic heterocycles. The number of nitrogens with one attached hydrogen (secondary N) is 1. The molecule has 146 valence electrons. The maximum absolute atomic E-state index is 12.9. The summed E-state index contributed by atoms with van der Waals surface area (Å²) in [5.74, 6) is -0.0854. The van der Waals surface area contributed by atoms with E-state index in [2.05, 4.69) is 20.3 Å². The quantitative estimate of drug-likeness (QED) is 0.735. The molecule has 0 radical (unpaired) electrons. The maximum atomic E-state index is 12.9. The summed E-state index contributed by atoms with van der Waals surface area (Å²) < 4.78 is 1.34. The van der Waals surface area contributed by atoms with Crippen molar-refractivity contribution in [1.82, 2.24) is 14.6 Å². The normalized spacial score (nSPS) is 17.1. The van der Waals surface area contributed by atoms with Gasteiger partial charge in [0.15, 0.2) is 0 Å². The van der Waals surface area contributed by atoms with Crippen molar-refractivity contribution < 1.29 is 4.79 Å². The Kier molecular flexibility index (Phi) is 4.89. The predicted octanol–water partition coefficient (Wildman–Crippen LogP) is 2.93. The number of anilines is 2. The molecule has 1 unspecified atom stereocenters. The highest BCUT2D eigenvalue weighted by molar-refractivity contribution is 7.20. The van der Waals surface area contributed by atoms with E-state index in [-0.39, 0.29) is 17.4 Å². The highest BCUT2D eigenvalue weighted by Crippen LogP contribution is 2.28. The molecule has 0 spiro atoms. The summed E-state index contributed by atoms with van der Waals surface area (Å²) in [5, 5.41) is 8.26. The van der Waals surface area contributed by atoms with Crippen LogP contribution in [0, 0.1) is 26.7 Å². The van der Waals surface area contributed by atoms with Gasteiger partial charge in [-0.1, -0.05) is 23.5 Å². The van der Waals surface area contributed by atoms with Gasteiger partial charge < -0.3 is 10.2 Å². The molecule has 1 saturated heterocycles. The lowest BCUT2D eigenvalue weighted by molar-refractivity contribution is -0.120. The van der Waals surface area contributed by atoms with Crippen LogP contribution in [0.5, 0.6) is 0 Å². The summed E-state index contributed by atoms with van der Waals surface area (Å²) in [6.07, 6.45) is 1.75. The van der Waals surface area contributed by atoms with Gasteiger partial charge >= 0.3 is 0 Å². The number of aromatic nitrogens is 3. The largest absolute Gasteiger partial charge is 0.346 e. The number of piperidine rings is 1. The molecule has 2 aromatic heterocycles. The third kappa shape index (κ3) is 3.52. The number of benzene rings is 1. The van der Waals surface area contributed by atoms with E-state index < -0.39 is 0 Å². The molecule has 8 heteroatoms. The summed E-state index contributed by atoms with van der Waals surface area (Å²) in [4.78, 5) is 32.0. The lowest BCUT2D eigenvalue weighted by atomic mass is 9.97. The topological polar surface area (TPSA) is 79.6 Å². The van der Waals surface area contributed by atoms with E-state index in [9.17, 15) is 9.59 Å². The van der Waals surface area contributed by atoms with Crippen LogP contribution in [0.2, 0.25) is 0 Å². The zero-order valence-electron chi connectivity index (χ0n) is 16.2. The number of aryl methyl sites for hydroxylation is 2. The summed E-state index contributed by atoms with van der Waals surface area (Å²) in [6, 6.07) is 7.42. The first-order chi connectivity index (χ1) is 13.4. The number of hydrogen-bond donors (Lipinski definition) is 1. The monoisotopic (exact) mass is 397 g/mol. The number of fused-ring (bicyclic) bond motifs is 1. The van der Waals surface area contributed by atoms with E-state index in [1.165, 1.54) is 21.9 Å². The van der Waals surface area contributed by atoms with Gasteiger partial charge in [0.25, 0.3) is 5.56 Å². The van der Waals surface area contributed by atoms with Crippen molar-refractivity contribution >= 4 is 33.0 Å². The van der Waals surface area contributed by atoms with Crippen LogP contribution in [0.4, 0.5) is 10.8 Å². The first kappa shape index (κ1) is 18.6. The number of carbonyl (C=O) groups is 1. The summed E-state index contributed by atoms with van der Waals surface area (Å²) in [7, 11) is 0. The zero-order chi connectivity index (χ0) is 19.8. The van der Waals surface area contributed by atoms with Crippen LogP contribution < -0.4 is 15.8 Å². The van der Waals surface area contributed by atoms with Crippen LogP contribution in [-0.2, 0) is 4.79 Å². The lowest BCUT2D eigenvalue weighted by Crippen LogP contribution is -2.41. The fourth-order valence-electron chi connectivity index (χ4n) is 3.52.